The van der Waals surface area contributed by atoms with Crippen LogP contribution in [-0.4, -0.2) is 142 Å². The number of carbonyl (C=O) groups excluding carboxylic acids is 1. The Balaban J connectivity index is 1.73. The van der Waals surface area contributed by atoms with Gasteiger partial charge in [-0.15, -0.1) is 0 Å². The highest BCUT2D eigenvalue weighted by Gasteiger charge is 2.47. The predicted octanol–water partition coefficient (Wildman–Crippen LogP) is 11.2. The maximum Gasteiger partial charge on any atom is 0.306 e. The molecule has 14 heteroatoms. The summed E-state index contributed by atoms with van der Waals surface area (Å²) in [4.78, 5) is 13.1. The Labute approximate surface area is 465 Å². The lowest BCUT2D eigenvalue weighted by Gasteiger charge is -2.42. The van der Waals surface area contributed by atoms with E-state index in [0.717, 1.165) is 70.6 Å². The van der Waals surface area contributed by atoms with E-state index in [2.05, 4.69) is 98.9 Å². The van der Waals surface area contributed by atoms with Crippen LogP contribution >= 0.6 is 0 Å². The lowest BCUT2D eigenvalue weighted by Crippen LogP contribution is -2.61. The van der Waals surface area contributed by atoms with Crippen LogP contribution < -0.4 is 0 Å². The van der Waals surface area contributed by atoms with Crippen molar-refractivity contribution in [3.05, 3.63) is 85.1 Å². The summed E-state index contributed by atoms with van der Waals surface area (Å²) in [6, 6.07) is 0. The molecule has 2 aliphatic rings. The van der Waals surface area contributed by atoms with Gasteiger partial charge in [0, 0.05) is 13.0 Å². The number of aliphatic hydroxyl groups is 7. The van der Waals surface area contributed by atoms with Gasteiger partial charge in [-0.1, -0.05) is 195 Å². The van der Waals surface area contributed by atoms with Crippen LogP contribution in [0.4, 0.5) is 0 Å². The van der Waals surface area contributed by atoms with Crippen molar-refractivity contribution >= 4 is 5.97 Å². The van der Waals surface area contributed by atoms with Crippen molar-refractivity contribution < 1.29 is 69.0 Å². The molecule has 0 bridgehead atoms. The largest absolute Gasteiger partial charge is 0.457 e. The van der Waals surface area contributed by atoms with Gasteiger partial charge in [0.15, 0.2) is 12.6 Å². The molecule has 2 heterocycles. The van der Waals surface area contributed by atoms with Crippen molar-refractivity contribution in [3.63, 3.8) is 0 Å². The van der Waals surface area contributed by atoms with Crippen molar-refractivity contribution in [3.8, 4) is 0 Å². The highest BCUT2D eigenvalue weighted by Crippen LogP contribution is 2.26. The molecule has 0 amide bonds. The van der Waals surface area contributed by atoms with E-state index in [1.807, 2.05) is 0 Å². The first-order valence-corrected chi connectivity index (χ1v) is 30.2. The van der Waals surface area contributed by atoms with E-state index < -0.39 is 86.7 Å². The van der Waals surface area contributed by atoms with E-state index in [1.54, 1.807) is 0 Å². The van der Waals surface area contributed by atoms with Gasteiger partial charge in [0.1, 0.15) is 54.9 Å². The van der Waals surface area contributed by atoms with Gasteiger partial charge in [0.2, 0.25) is 0 Å². The number of hydrogen-bond donors (Lipinski definition) is 7. The number of aliphatic hydroxyl groups excluding tert-OH is 7. The topological polar surface area (TPSA) is 214 Å². The third-order valence-corrected chi connectivity index (χ3v) is 13.9. The molecule has 11 unspecified atom stereocenters. The second-order valence-electron chi connectivity index (χ2n) is 20.8. The lowest BCUT2D eigenvalue weighted by atomic mass is 9.98. The van der Waals surface area contributed by atoms with Gasteiger partial charge in [0.25, 0.3) is 0 Å². The number of hydrogen-bond acceptors (Lipinski definition) is 14. The zero-order chi connectivity index (χ0) is 55.8. The maximum absolute atomic E-state index is 13.1. The fraction of sp³-hybridized carbons (Fsp3) is 0.762. The Morgan fingerprint density at radius 3 is 1.34 bits per heavy atom. The number of ether oxygens (including phenoxy) is 6. The first-order chi connectivity index (χ1) is 37.6. The standard InChI is InChI=1S/C63H108O14/c1-3-5-7-9-11-13-15-17-19-21-23-25-27-29-31-33-35-37-39-41-43-45-47-72-49-52(50-73-62-61(71)59(69)57(67)54(77-62)51-74-63-60(70)58(68)56(66)53(48-64)76-63)75-55(65)46-44-42-40-38-36-34-32-30-28-26-24-22-20-18-16-14-12-10-8-6-4-2/h6,8,12,14,18,20-21,23-24,26,30,32,36,38,52-54,56-64,66-71H,3-5,7,9-11,13,15-17,19,22,25,27-29,31,33-35,37,39-51H2,1-2H3/b8-6-,14-12-,20-18-,23-21-,26-24-,32-30-,38-36-. The summed E-state index contributed by atoms with van der Waals surface area (Å²) in [5.41, 5.74) is 0. The summed E-state index contributed by atoms with van der Waals surface area (Å²) in [7, 11) is 0. The molecule has 2 saturated heterocycles. The van der Waals surface area contributed by atoms with Crippen LogP contribution in [0.5, 0.6) is 0 Å². The summed E-state index contributed by atoms with van der Waals surface area (Å²) in [5, 5.41) is 72.4. The second-order valence-corrected chi connectivity index (χ2v) is 20.8. The molecule has 2 rings (SSSR count). The van der Waals surface area contributed by atoms with Crippen LogP contribution in [0.2, 0.25) is 0 Å². The summed E-state index contributed by atoms with van der Waals surface area (Å²) in [5.74, 6) is -0.419. The van der Waals surface area contributed by atoms with E-state index in [9.17, 15) is 40.5 Å². The minimum Gasteiger partial charge on any atom is -0.457 e. The Morgan fingerprint density at radius 1 is 0.442 bits per heavy atom. The summed E-state index contributed by atoms with van der Waals surface area (Å²) >= 11 is 0. The van der Waals surface area contributed by atoms with Crippen molar-refractivity contribution in [2.45, 2.75) is 274 Å². The molecule has 0 aliphatic carbocycles. The maximum atomic E-state index is 13.1. The van der Waals surface area contributed by atoms with Crippen molar-refractivity contribution in [2.75, 3.05) is 33.0 Å². The number of esters is 1. The summed E-state index contributed by atoms with van der Waals surface area (Å²) < 4.78 is 34.4. The van der Waals surface area contributed by atoms with Crippen LogP contribution in [0.1, 0.15) is 206 Å². The fourth-order valence-corrected chi connectivity index (χ4v) is 9.05. The van der Waals surface area contributed by atoms with Crippen LogP contribution in [0.3, 0.4) is 0 Å². The van der Waals surface area contributed by atoms with Gasteiger partial charge >= 0.3 is 5.97 Å². The van der Waals surface area contributed by atoms with Gasteiger partial charge in [-0.25, -0.2) is 0 Å². The summed E-state index contributed by atoms with van der Waals surface area (Å²) in [6.45, 7) is 3.52. The van der Waals surface area contributed by atoms with Crippen LogP contribution in [0, 0.1) is 0 Å². The van der Waals surface area contributed by atoms with Gasteiger partial charge in [-0.2, -0.15) is 0 Å². The van der Waals surface area contributed by atoms with Gasteiger partial charge in [-0.3, -0.25) is 4.79 Å². The average molecular weight is 1090 g/mol. The predicted molar refractivity (Wildman–Crippen MR) is 307 cm³/mol. The third kappa shape index (κ3) is 35.5. The first kappa shape index (κ1) is 70.3. The molecule has 0 saturated carbocycles. The molecular weight excluding hydrogens is 981 g/mol. The molecule has 2 fully saturated rings. The number of allylic oxidation sites excluding steroid dienone is 14. The van der Waals surface area contributed by atoms with Crippen LogP contribution in [-0.2, 0) is 33.2 Å². The molecule has 444 valence electrons. The normalized spacial score (nSPS) is 24.9. The molecule has 14 nitrogen and oxygen atoms in total. The van der Waals surface area contributed by atoms with E-state index in [-0.39, 0.29) is 19.6 Å². The van der Waals surface area contributed by atoms with Crippen LogP contribution in [0.25, 0.3) is 0 Å². The fourth-order valence-electron chi connectivity index (χ4n) is 9.05. The Bertz CT molecular complexity index is 1590. The zero-order valence-corrected chi connectivity index (χ0v) is 47.7. The van der Waals surface area contributed by atoms with E-state index in [1.165, 1.54) is 109 Å². The summed E-state index contributed by atoms with van der Waals surface area (Å²) in [6.07, 6.45) is 47.9. The molecule has 11 atom stereocenters. The quantitative estimate of drug-likeness (QED) is 0.0172. The smallest absolute Gasteiger partial charge is 0.306 e. The molecule has 0 aromatic heterocycles. The van der Waals surface area contributed by atoms with Gasteiger partial charge in [0.05, 0.1) is 26.4 Å². The van der Waals surface area contributed by atoms with Crippen molar-refractivity contribution in [2.24, 2.45) is 0 Å². The van der Waals surface area contributed by atoms with Crippen molar-refractivity contribution in [1.29, 1.82) is 0 Å². The molecule has 0 aromatic carbocycles. The molecule has 0 aromatic rings. The van der Waals surface area contributed by atoms with Crippen LogP contribution in [0.15, 0.2) is 85.1 Å². The molecular formula is C63H108O14. The first-order valence-electron chi connectivity index (χ1n) is 30.2. The molecule has 0 radical (unpaired) electrons. The minimum absolute atomic E-state index is 0.0387. The third-order valence-electron chi connectivity index (χ3n) is 13.9. The van der Waals surface area contributed by atoms with Gasteiger partial charge < -0.3 is 64.2 Å². The Kier molecular flexibility index (Phi) is 44.7. The number of rotatable bonds is 48. The highest BCUT2D eigenvalue weighted by atomic mass is 16.7. The molecule has 2 aliphatic heterocycles. The van der Waals surface area contributed by atoms with E-state index >= 15 is 0 Å². The average Bonchev–Trinajstić information content (AvgIpc) is 3.43. The molecule has 77 heavy (non-hydrogen) atoms. The Morgan fingerprint density at radius 2 is 0.844 bits per heavy atom. The van der Waals surface area contributed by atoms with Gasteiger partial charge in [-0.05, 0) is 89.9 Å². The molecule has 0 spiro atoms. The monoisotopic (exact) mass is 1090 g/mol. The lowest BCUT2D eigenvalue weighted by molar-refractivity contribution is -0.332. The van der Waals surface area contributed by atoms with Crippen molar-refractivity contribution in [1.82, 2.24) is 0 Å². The Hall–Kier alpha value is -2.83. The number of carbonyl (C=O) groups is 1. The van der Waals surface area contributed by atoms with E-state index in [0.29, 0.717) is 13.0 Å². The second kappa shape index (κ2) is 49.0. The molecule has 7 N–H and O–H groups in total. The number of unbranched alkanes of at least 4 members (excludes halogenated alkanes) is 20. The van der Waals surface area contributed by atoms with E-state index in [4.69, 9.17) is 28.4 Å². The SMILES string of the molecule is CC/C=C\C/C=C\C/C=C\C/C=C\C/C=C\C/C=C\CCCCC(=O)OC(COCCCCCCCCCCCC/C=C\CCCCCCCCCC)COC1OC(COC2OC(CO)C(O)C(O)C2O)C(O)C(O)C1O. The zero-order valence-electron chi connectivity index (χ0n) is 47.7. The highest BCUT2D eigenvalue weighted by molar-refractivity contribution is 5.69. The minimum atomic E-state index is -1.72.